The highest BCUT2D eigenvalue weighted by Crippen LogP contribution is 2.12. The van der Waals surface area contributed by atoms with Crippen molar-refractivity contribution in [3.05, 3.63) is 52.1 Å². The summed E-state index contributed by atoms with van der Waals surface area (Å²) in [5.74, 6) is 0.308. The SMILES string of the molecule is COc1ccc(C(=O)n2cc(C)c(N)nc2=O)cc1. The number of hydrogen-bond acceptors (Lipinski definition) is 5. The molecule has 0 aliphatic carbocycles. The lowest BCUT2D eigenvalue weighted by Crippen LogP contribution is -2.30. The fourth-order valence-electron chi connectivity index (χ4n) is 1.58. The second-order valence-corrected chi connectivity index (χ2v) is 4.00. The maximum atomic E-state index is 12.2. The zero-order chi connectivity index (χ0) is 14.0. The molecule has 19 heavy (non-hydrogen) atoms. The summed E-state index contributed by atoms with van der Waals surface area (Å²) in [6.07, 6.45) is 1.39. The lowest BCUT2D eigenvalue weighted by molar-refractivity contribution is 0.0954. The molecule has 0 bridgehead atoms. The smallest absolute Gasteiger partial charge is 0.356 e. The summed E-state index contributed by atoms with van der Waals surface area (Å²) in [5.41, 5.74) is 5.76. The molecule has 2 aromatic rings. The molecular weight excluding hydrogens is 246 g/mol. The molecule has 0 radical (unpaired) electrons. The van der Waals surface area contributed by atoms with Crippen LogP contribution in [-0.2, 0) is 0 Å². The van der Waals surface area contributed by atoms with Crippen LogP contribution in [0.25, 0.3) is 0 Å². The normalized spacial score (nSPS) is 10.2. The summed E-state index contributed by atoms with van der Waals surface area (Å²) in [6.45, 7) is 1.68. The number of carbonyl (C=O) groups is 1. The number of aryl methyl sites for hydroxylation is 1. The van der Waals surface area contributed by atoms with Crippen LogP contribution in [0.4, 0.5) is 5.82 Å². The molecule has 2 N–H and O–H groups in total. The Morgan fingerprint density at radius 1 is 1.32 bits per heavy atom. The Labute approximate surface area is 109 Å². The molecule has 0 saturated carbocycles. The number of hydrogen-bond donors (Lipinski definition) is 1. The van der Waals surface area contributed by atoms with Crippen molar-refractivity contribution in [1.29, 1.82) is 0 Å². The monoisotopic (exact) mass is 259 g/mol. The summed E-state index contributed by atoms with van der Waals surface area (Å²) in [6, 6.07) is 6.46. The van der Waals surface area contributed by atoms with Gasteiger partial charge in [0, 0.05) is 17.3 Å². The molecule has 1 aromatic heterocycles. The lowest BCUT2D eigenvalue weighted by atomic mass is 10.2. The van der Waals surface area contributed by atoms with Crippen molar-refractivity contribution in [3.63, 3.8) is 0 Å². The Hall–Kier alpha value is -2.63. The summed E-state index contributed by atoms with van der Waals surface area (Å²) >= 11 is 0. The number of rotatable bonds is 2. The van der Waals surface area contributed by atoms with Crippen LogP contribution in [0, 0.1) is 6.92 Å². The highest BCUT2D eigenvalue weighted by molar-refractivity contribution is 5.95. The molecule has 0 spiro atoms. The first-order chi connectivity index (χ1) is 9.02. The minimum absolute atomic E-state index is 0.129. The molecule has 1 heterocycles. The van der Waals surface area contributed by atoms with Gasteiger partial charge in [-0.1, -0.05) is 0 Å². The summed E-state index contributed by atoms with van der Waals surface area (Å²) in [5, 5.41) is 0. The number of aromatic nitrogens is 2. The summed E-state index contributed by atoms with van der Waals surface area (Å²) in [7, 11) is 1.54. The average Bonchev–Trinajstić information content (AvgIpc) is 2.42. The van der Waals surface area contributed by atoms with Crippen molar-refractivity contribution in [1.82, 2.24) is 9.55 Å². The number of anilines is 1. The highest BCUT2D eigenvalue weighted by atomic mass is 16.5. The maximum Gasteiger partial charge on any atom is 0.356 e. The van der Waals surface area contributed by atoms with E-state index in [2.05, 4.69) is 4.98 Å². The fraction of sp³-hybridized carbons (Fsp3) is 0.154. The number of benzene rings is 1. The molecule has 0 aliphatic heterocycles. The van der Waals surface area contributed by atoms with Gasteiger partial charge < -0.3 is 10.5 Å². The van der Waals surface area contributed by atoms with Crippen LogP contribution in [-0.4, -0.2) is 22.6 Å². The van der Waals surface area contributed by atoms with Gasteiger partial charge >= 0.3 is 5.69 Å². The molecule has 98 valence electrons. The topological polar surface area (TPSA) is 87.2 Å². The van der Waals surface area contributed by atoms with Gasteiger partial charge in [-0.25, -0.2) is 9.36 Å². The molecule has 6 nitrogen and oxygen atoms in total. The molecular formula is C13H13N3O3. The van der Waals surface area contributed by atoms with Crippen molar-refractivity contribution in [2.75, 3.05) is 12.8 Å². The largest absolute Gasteiger partial charge is 0.497 e. The Morgan fingerprint density at radius 3 is 2.53 bits per heavy atom. The predicted octanol–water partition coefficient (Wildman–Crippen LogP) is 0.831. The van der Waals surface area contributed by atoms with Crippen LogP contribution < -0.4 is 16.2 Å². The van der Waals surface area contributed by atoms with E-state index in [1.165, 1.54) is 13.3 Å². The zero-order valence-corrected chi connectivity index (χ0v) is 10.6. The Balaban J connectivity index is 2.43. The van der Waals surface area contributed by atoms with Crippen molar-refractivity contribution in [3.8, 4) is 5.75 Å². The van der Waals surface area contributed by atoms with Gasteiger partial charge in [0.25, 0.3) is 5.91 Å². The van der Waals surface area contributed by atoms with Gasteiger partial charge in [0.2, 0.25) is 0 Å². The fourth-order valence-corrected chi connectivity index (χ4v) is 1.58. The molecule has 0 atom stereocenters. The first-order valence-corrected chi connectivity index (χ1v) is 5.57. The second-order valence-electron chi connectivity index (χ2n) is 4.00. The van der Waals surface area contributed by atoms with E-state index >= 15 is 0 Å². The minimum Gasteiger partial charge on any atom is -0.497 e. The van der Waals surface area contributed by atoms with E-state index in [9.17, 15) is 9.59 Å². The molecule has 0 fully saturated rings. The quantitative estimate of drug-likeness (QED) is 0.863. The molecule has 6 heteroatoms. The summed E-state index contributed by atoms with van der Waals surface area (Å²) in [4.78, 5) is 27.4. The van der Waals surface area contributed by atoms with Crippen LogP contribution >= 0.6 is 0 Å². The number of carbonyl (C=O) groups excluding carboxylic acids is 1. The van der Waals surface area contributed by atoms with Crippen molar-refractivity contribution in [2.45, 2.75) is 6.92 Å². The zero-order valence-electron chi connectivity index (χ0n) is 10.6. The van der Waals surface area contributed by atoms with Crippen molar-refractivity contribution >= 4 is 11.7 Å². The Morgan fingerprint density at radius 2 is 1.95 bits per heavy atom. The third-order valence-electron chi connectivity index (χ3n) is 2.70. The van der Waals surface area contributed by atoms with Gasteiger partial charge in [0.1, 0.15) is 11.6 Å². The van der Waals surface area contributed by atoms with E-state index in [1.807, 2.05) is 0 Å². The third-order valence-corrected chi connectivity index (χ3v) is 2.70. The van der Waals surface area contributed by atoms with Gasteiger partial charge in [-0.15, -0.1) is 0 Å². The van der Waals surface area contributed by atoms with Crippen LogP contribution in [0.3, 0.4) is 0 Å². The summed E-state index contributed by atoms with van der Waals surface area (Å²) < 4.78 is 5.94. The third kappa shape index (κ3) is 2.47. The second kappa shape index (κ2) is 4.93. The van der Waals surface area contributed by atoms with Crippen molar-refractivity contribution in [2.24, 2.45) is 0 Å². The van der Waals surface area contributed by atoms with Crippen molar-refractivity contribution < 1.29 is 9.53 Å². The van der Waals surface area contributed by atoms with Crippen LogP contribution in [0.15, 0.2) is 35.3 Å². The van der Waals surface area contributed by atoms with Gasteiger partial charge in [-0.2, -0.15) is 4.98 Å². The van der Waals surface area contributed by atoms with Gasteiger partial charge in [-0.05, 0) is 31.2 Å². The molecule has 1 aromatic carbocycles. The van der Waals surface area contributed by atoms with E-state index in [1.54, 1.807) is 31.2 Å². The molecule has 0 amide bonds. The molecule has 0 saturated heterocycles. The van der Waals surface area contributed by atoms with Gasteiger partial charge in [0.15, 0.2) is 0 Å². The van der Waals surface area contributed by atoms with E-state index < -0.39 is 11.6 Å². The molecule has 2 rings (SSSR count). The maximum absolute atomic E-state index is 12.2. The van der Waals surface area contributed by atoms with E-state index in [0.717, 1.165) is 4.57 Å². The van der Waals surface area contributed by atoms with Crippen LogP contribution in [0.2, 0.25) is 0 Å². The molecule has 0 unspecified atom stereocenters. The first-order valence-electron chi connectivity index (χ1n) is 5.57. The standard InChI is InChI=1S/C13H13N3O3/c1-8-7-16(13(18)15-11(8)14)12(17)9-3-5-10(19-2)6-4-9/h3-7H,1-2H3,(H2,14,15,18). The number of nitrogens with two attached hydrogens (primary N) is 1. The van der Waals surface area contributed by atoms with Gasteiger partial charge in [-0.3, -0.25) is 4.79 Å². The first kappa shape index (κ1) is 12.8. The molecule has 0 aliphatic rings. The number of nitrogens with zero attached hydrogens (tertiary/aromatic N) is 2. The minimum atomic E-state index is -0.691. The van der Waals surface area contributed by atoms with Crippen LogP contribution in [0.1, 0.15) is 15.9 Å². The lowest BCUT2D eigenvalue weighted by Gasteiger charge is -2.07. The van der Waals surface area contributed by atoms with Crippen LogP contribution in [0.5, 0.6) is 5.75 Å². The van der Waals surface area contributed by atoms with E-state index in [0.29, 0.717) is 16.9 Å². The Bertz CT molecular complexity index is 675. The Kier molecular flexibility index (Phi) is 3.33. The average molecular weight is 259 g/mol. The number of methoxy groups -OCH3 is 1. The van der Waals surface area contributed by atoms with Gasteiger partial charge in [0.05, 0.1) is 7.11 Å². The number of nitrogen functional groups attached to an aromatic ring is 1. The van der Waals surface area contributed by atoms with E-state index in [-0.39, 0.29) is 5.82 Å². The predicted molar refractivity (Wildman–Crippen MR) is 70.4 cm³/mol. The number of ether oxygens (including phenoxy) is 1. The highest BCUT2D eigenvalue weighted by Gasteiger charge is 2.12. The van der Waals surface area contributed by atoms with E-state index in [4.69, 9.17) is 10.5 Å².